The standard InChI is InChI=1S/C16H20N2O4/c1-4-22-13-6-5-11(9-14(13)21-3)15-17-10(2)12(7-8-19)16(20)18-15/h5-6,9,19H,4,7-8H2,1-3H3,(H,17,18,20). The van der Waals surface area contributed by atoms with E-state index in [1.54, 1.807) is 26.2 Å². The fraction of sp³-hybridized carbons (Fsp3) is 0.375. The molecule has 1 heterocycles. The third kappa shape index (κ3) is 3.28. The number of aliphatic hydroxyl groups is 1. The summed E-state index contributed by atoms with van der Waals surface area (Å²) in [5.74, 6) is 1.69. The monoisotopic (exact) mass is 304 g/mol. The molecule has 1 aromatic heterocycles. The van der Waals surface area contributed by atoms with E-state index in [1.807, 2.05) is 13.0 Å². The molecule has 0 aliphatic rings. The Hall–Kier alpha value is -2.34. The van der Waals surface area contributed by atoms with Crippen LogP contribution >= 0.6 is 0 Å². The van der Waals surface area contributed by atoms with Gasteiger partial charge in [-0.15, -0.1) is 0 Å². The lowest BCUT2D eigenvalue weighted by molar-refractivity contribution is 0.298. The maximum atomic E-state index is 12.1. The Morgan fingerprint density at radius 3 is 2.68 bits per heavy atom. The molecule has 1 aromatic carbocycles. The van der Waals surface area contributed by atoms with Crippen molar-refractivity contribution in [2.75, 3.05) is 20.3 Å². The molecule has 0 amide bonds. The first kappa shape index (κ1) is 16.0. The number of benzene rings is 1. The maximum Gasteiger partial charge on any atom is 0.254 e. The first-order valence-electron chi connectivity index (χ1n) is 7.12. The third-order valence-electron chi connectivity index (χ3n) is 3.32. The number of aromatic amines is 1. The number of H-pyrrole nitrogens is 1. The van der Waals surface area contributed by atoms with Gasteiger partial charge >= 0.3 is 0 Å². The van der Waals surface area contributed by atoms with E-state index in [4.69, 9.17) is 14.6 Å². The molecule has 2 aromatic rings. The number of hydrogen-bond acceptors (Lipinski definition) is 5. The van der Waals surface area contributed by atoms with Gasteiger partial charge in [-0.2, -0.15) is 0 Å². The average Bonchev–Trinajstić information content (AvgIpc) is 2.51. The van der Waals surface area contributed by atoms with Crippen LogP contribution in [0, 0.1) is 6.92 Å². The van der Waals surface area contributed by atoms with Crippen molar-refractivity contribution in [2.45, 2.75) is 20.3 Å². The molecule has 0 bridgehead atoms. The van der Waals surface area contributed by atoms with Gasteiger partial charge in [-0.3, -0.25) is 4.79 Å². The fourth-order valence-corrected chi connectivity index (χ4v) is 2.24. The quantitative estimate of drug-likeness (QED) is 0.848. The molecule has 0 atom stereocenters. The third-order valence-corrected chi connectivity index (χ3v) is 3.32. The lowest BCUT2D eigenvalue weighted by Crippen LogP contribution is -2.18. The summed E-state index contributed by atoms with van der Waals surface area (Å²) in [4.78, 5) is 19.2. The van der Waals surface area contributed by atoms with E-state index < -0.39 is 0 Å². The number of aryl methyl sites for hydroxylation is 1. The van der Waals surface area contributed by atoms with Crippen LogP contribution in [0.1, 0.15) is 18.2 Å². The molecule has 0 saturated heterocycles. The molecule has 0 unspecified atom stereocenters. The summed E-state index contributed by atoms with van der Waals surface area (Å²) in [6, 6.07) is 5.37. The minimum Gasteiger partial charge on any atom is -0.493 e. The van der Waals surface area contributed by atoms with Crippen LogP contribution in [0.3, 0.4) is 0 Å². The van der Waals surface area contributed by atoms with E-state index >= 15 is 0 Å². The van der Waals surface area contributed by atoms with Crippen molar-refractivity contribution < 1.29 is 14.6 Å². The number of methoxy groups -OCH3 is 1. The summed E-state index contributed by atoms with van der Waals surface area (Å²) in [6.45, 7) is 4.12. The highest BCUT2D eigenvalue weighted by molar-refractivity contribution is 5.61. The normalized spacial score (nSPS) is 10.5. The predicted octanol–water partition coefficient (Wildman–Crippen LogP) is 1.69. The number of nitrogens with zero attached hydrogens (tertiary/aromatic N) is 1. The van der Waals surface area contributed by atoms with Gasteiger partial charge in [0.2, 0.25) is 0 Å². The van der Waals surface area contributed by atoms with Gasteiger partial charge in [-0.05, 0) is 32.0 Å². The van der Waals surface area contributed by atoms with Crippen LogP contribution in [-0.2, 0) is 6.42 Å². The largest absolute Gasteiger partial charge is 0.493 e. The van der Waals surface area contributed by atoms with Crippen LogP contribution in [0.4, 0.5) is 0 Å². The zero-order valence-corrected chi connectivity index (χ0v) is 13.0. The number of hydrogen-bond donors (Lipinski definition) is 2. The number of ether oxygens (including phenoxy) is 2. The van der Waals surface area contributed by atoms with E-state index in [2.05, 4.69) is 9.97 Å². The van der Waals surface area contributed by atoms with Crippen molar-refractivity contribution in [1.82, 2.24) is 9.97 Å². The van der Waals surface area contributed by atoms with E-state index in [0.717, 1.165) is 5.56 Å². The highest BCUT2D eigenvalue weighted by Gasteiger charge is 2.12. The second kappa shape index (κ2) is 7.09. The van der Waals surface area contributed by atoms with E-state index in [-0.39, 0.29) is 12.2 Å². The van der Waals surface area contributed by atoms with Crippen molar-refractivity contribution in [3.8, 4) is 22.9 Å². The van der Waals surface area contributed by atoms with Gasteiger partial charge in [-0.25, -0.2) is 4.98 Å². The predicted molar refractivity (Wildman–Crippen MR) is 83.5 cm³/mol. The molecule has 0 saturated carbocycles. The zero-order chi connectivity index (χ0) is 16.1. The lowest BCUT2D eigenvalue weighted by Gasteiger charge is -2.11. The molecule has 22 heavy (non-hydrogen) atoms. The molecule has 6 nitrogen and oxygen atoms in total. The average molecular weight is 304 g/mol. The number of aliphatic hydroxyl groups excluding tert-OH is 1. The number of rotatable bonds is 6. The van der Waals surface area contributed by atoms with Crippen LogP contribution in [0.15, 0.2) is 23.0 Å². The molecule has 0 spiro atoms. The van der Waals surface area contributed by atoms with Crippen molar-refractivity contribution >= 4 is 0 Å². The van der Waals surface area contributed by atoms with Crippen molar-refractivity contribution in [2.24, 2.45) is 0 Å². The smallest absolute Gasteiger partial charge is 0.254 e. The zero-order valence-electron chi connectivity index (χ0n) is 13.0. The second-order valence-electron chi connectivity index (χ2n) is 4.75. The van der Waals surface area contributed by atoms with Crippen molar-refractivity contribution in [1.29, 1.82) is 0 Å². The lowest BCUT2D eigenvalue weighted by atomic mass is 10.1. The second-order valence-corrected chi connectivity index (χ2v) is 4.75. The Bertz CT molecular complexity index is 710. The SMILES string of the molecule is CCOc1ccc(-c2nc(C)c(CCO)c(=O)[nH]2)cc1OC. The highest BCUT2D eigenvalue weighted by Crippen LogP contribution is 2.31. The summed E-state index contributed by atoms with van der Waals surface area (Å²) in [5, 5.41) is 8.99. The molecule has 0 radical (unpaired) electrons. The van der Waals surface area contributed by atoms with Gasteiger partial charge < -0.3 is 19.6 Å². The van der Waals surface area contributed by atoms with Crippen LogP contribution in [0.2, 0.25) is 0 Å². The van der Waals surface area contributed by atoms with Crippen LogP contribution < -0.4 is 15.0 Å². The minimum atomic E-state index is -0.232. The molecule has 118 valence electrons. The van der Waals surface area contributed by atoms with Gasteiger partial charge in [0.1, 0.15) is 5.82 Å². The van der Waals surface area contributed by atoms with Crippen molar-refractivity contribution in [3.05, 3.63) is 39.8 Å². The van der Waals surface area contributed by atoms with Gasteiger partial charge in [0, 0.05) is 29.8 Å². The molecule has 2 rings (SSSR count). The Balaban J connectivity index is 2.46. The molecular formula is C16H20N2O4. The van der Waals surface area contributed by atoms with Gasteiger partial charge in [0.05, 0.1) is 13.7 Å². The highest BCUT2D eigenvalue weighted by atomic mass is 16.5. The molecule has 0 aliphatic carbocycles. The molecular weight excluding hydrogens is 284 g/mol. The van der Waals surface area contributed by atoms with Gasteiger partial charge in [0.25, 0.3) is 5.56 Å². The Morgan fingerprint density at radius 1 is 1.32 bits per heavy atom. The topological polar surface area (TPSA) is 84.4 Å². The van der Waals surface area contributed by atoms with Crippen LogP contribution in [0.25, 0.3) is 11.4 Å². The van der Waals surface area contributed by atoms with Gasteiger partial charge in [0.15, 0.2) is 11.5 Å². The van der Waals surface area contributed by atoms with Crippen LogP contribution in [0.5, 0.6) is 11.5 Å². The molecule has 0 fully saturated rings. The Kier molecular flexibility index (Phi) is 5.16. The summed E-state index contributed by atoms with van der Waals surface area (Å²) in [5.41, 5.74) is 1.62. The van der Waals surface area contributed by atoms with E-state index in [1.165, 1.54) is 0 Å². The van der Waals surface area contributed by atoms with E-state index in [0.29, 0.717) is 41.6 Å². The summed E-state index contributed by atoms with van der Waals surface area (Å²) in [6.07, 6.45) is 0.293. The summed E-state index contributed by atoms with van der Waals surface area (Å²) in [7, 11) is 1.56. The Morgan fingerprint density at radius 2 is 2.09 bits per heavy atom. The fourth-order valence-electron chi connectivity index (χ4n) is 2.24. The number of nitrogens with one attached hydrogen (secondary N) is 1. The maximum absolute atomic E-state index is 12.1. The Labute approximate surface area is 128 Å². The molecule has 2 N–H and O–H groups in total. The van der Waals surface area contributed by atoms with Crippen molar-refractivity contribution in [3.63, 3.8) is 0 Å². The molecule has 6 heteroatoms. The summed E-state index contributed by atoms with van der Waals surface area (Å²) >= 11 is 0. The first-order valence-corrected chi connectivity index (χ1v) is 7.12. The van der Waals surface area contributed by atoms with Crippen LogP contribution in [-0.4, -0.2) is 35.4 Å². The first-order chi connectivity index (χ1) is 10.6. The summed E-state index contributed by atoms with van der Waals surface area (Å²) < 4.78 is 10.8. The van der Waals surface area contributed by atoms with E-state index in [9.17, 15) is 4.79 Å². The minimum absolute atomic E-state index is 0.0815. The number of aromatic nitrogens is 2. The molecule has 0 aliphatic heterocycles. The van der Waals surface area contributed by atoms with Gasteiger partial charge in [-0.1, -0.05) is 0 Å².